The Bertz CT molecular complexity index is 1210. The molecule has 10 heteroatoms. The summed E-state index contributed by atoms with van der Waals surface area (Å²) in [5.74, 6) is -0.482. The third-order valence-electron chi connectivity index (χ3n) is 6.76. The molecule has 1 fully saturated rings. The van der Waals surface area contributed by atoms with Gasteiger partial charge in [-0.3, -0.25) is 9.69 Å². The van der Waals surface area contributed by atoms with Gasteiger partial charge in [0.1, 0.15) is 5.00 Å². The second-order valence-corrected chi connectivity index (χ2v) is 12.6. The number of nitrogens with one attached hydrogen (secondary N) is 1. The molecular formula is C26H35N3O5S2. The lowest BCUT2D eigenvalue weighted by Crippen LogP contribution is -2.39. The van der Waals surface area contributed by atoms with Crippen LogP contribution in [0.4, 0.5) is 5.00 Å². The number of anilines is 1. The summed E-state index contributed by atoms with van der Waals surface area (Å²) in [6, 6.07) is 6.02. The zero-order valence-electron chi connectivity index (χ0n) is 21.2. The van der Waals surface area contributed by atoms with Crippen molar-refractivity contribution in [3.63, 3.8) is 0 Å². The summed E-state index contributed by atoms with van der Waals surface area (Å²) in [5.41, 5.74) is 1.73. The fourth-order valence-corrected chi connectivity index (χ4v) is 7.81. The normalized spacial score (nSPS) is 19.0. The molecule has 0 saturated carbocycles. The standard InChI is InChI=1S/C26H35N3O5S2/c1-4-13-28-15-12-21-22(17-28)35-25(23(21)26(31)34-5-2)27-24(30)19-8-10-20(11-9-19)36(32,33)29-14-6-7-18(3)16-29/h8-11,18H,4-7,12-17H2,1-3H3,(H,27,30). The molecule has 1 aromatic heterocycles. The second kappa shape index (κ2) is 11.4. The van der Waals surface area contributed by atoms with Gasteiger partial charge in [-0.25, -0.2) is 13.2 Å². The molecule has 4 rings (SSSR count). The van der Waals surface area contributed by atoms with E-state index >= 15 is 0 Å². The number of fused-ring (bicyclic) bond motifs is 1. The van der Waals surface area contributed by atoms with Crippen LogP contribution >= 0.6 is 11.3 Å². The molecule has 0 radical (unpaired) electrons. The number of carbonyl (C=O) groups is 2. The van der Waals surface area contributed by atoms with Gasteiger partial charge in [0.25, 0.3) is 5.91 Å². The number of rotatable bonds is 8. The van der Waals surface area contributed by atoms with Gasteiger partial charge < -0.3 is 10.1 Å². The Labute approximate surface area is 217 Å². The van der Waals surface area contributed by atoms with Gasteiger partial charge >= 0.3 is 5.97 Å². The van der Waals surface area contributed by atoms with Crippen molar-refractivity contribution in [2.45, 2.75) is 57.9 Å². The maximum absolute atomic E-state index is 13.1. The van der Waals surface area contributed by atoms with Crippen LogP contribution in [-0.4, -0.2) is 62.3 Å². The van der Waals surface area contributed by atoms with Gasteiger partial charge in [0, 0.05) is 36.6 Å². The third kappa shape index (κ3) is 5.66. The van der Waals surface area contributed by atoms with Crippen LogP contribution in [0.2, 0.25) is 0 Å². The molecule has 1 saturated heterocycles. The fraction of sp³-hybridized carbons (Fsp3) is 0.538. The van der Waals surface area contributed by atoms with E-state index in [1.807, 2.05) is 0 Å². The molecule has 196 valence electrons. The van der Waals surface area contributed by atoms with Crippen molar-refractivity contribution in [2.24, 2.45) is 5.92 Å². The smallest absolute Gasteiger partial charge is 0.341 e. The highest BCUT2D eigenvalue weighted by Gasteiger charge is 2.31. The van der Waals surface area contributed by atoms with Crippen LogP contribution in [0.3, 0.4) is 0 Å². The fourth-order valence-electron chi connectivity index (χ4n) is 4.94. The molecule has 2 aromatic rings. The van der Waals surface area contributed by atoms with E-state index in [4.69, 9.17) is 4.74 Å². The summed E-state index contributed by atoms with van der Waals surface area (Å²) in [5, 5.41) is 3.38. The van der Waals surface area contributed by atoms with E-state index in [0.717, 1.165) is 55.8 Å². The van der Waals surface area contributed by atoms with E-state index in [0.29, 0.717) is 35.1 Å². The first-order valence-corrected chi connectivity index (χ1v) is 15.0. The highest BCUT2D eigenvalue weighted by atomic mass is 32.2. The van der Waals surface area contributed by atoms with Gasteiger partial charge in [-0.1, -0.05) is 13.8 Å². The number of hydrogen-bond donors (Lipinski definition) is 1. The minimum atomic E-state index is -3.59. The van der Waals surface area contributed by atoms with Crippen LogP contribution in [0.5, 0.6) is 0 Å². The molecule has 1 N–H and O–H groups in total. The highest BCUT2D eigenvalue weighted by Crippen LogP contribution is 2.38. The van der Waals surface area contributed by atoms with Gasteiger partial charge in [0.05, 0.1) is 17.1 Å². The average Bonchev–Trinajstić information content (AvgIpc) is 3.21. The molecule has 1 unspecified atom stereocenters. The van der Waals surface area contributed by atoms with Gasteiger partial charge in [-0.2, -0.15) is 4.31 Å². The van der Waals surface area contributed by atoms with Crippen molar-refractivity contribution < 1.29 is 22.7 Å². The predicted molar refractivity (Wildman–Crippen MR) is 141 cm³/mol. The minimum absolute atomic E-state index is 0.183. The van der Waals surface area contributed by atoms with Gasteiger partial charge in [0.2, 0.25) is 10.0 Å². The molecule has 36 heavy (non-hydrogen) atoms. The van der Waals surface area contributed by atoms with E-state index in [2.05, 4.69) is 24.1 Å². The quantitative estimate of drug-likeness (QED) is 0.507. The summed E-state index contributed by atoms with van der Waals surface area (Å²) < 4.78 is 32.9. The van der Waals surface area contributed by atoms with Gasteiger partial charge in [-0.15, -0.1) is 11.3 Å². The lowest BCUT2D eigenvalue weighted by molar-refractivity contribution is 0.0526. The van der Waals surface area contributed by atoms with Crippen LogP contribution in [0.15, 0.2) is 29.2 Å². The summed E-state index contributed by atoms with van der Waals surface area (Å²) in [6.07, 6.45) is 3.67. The molecule has 1 atom stereocenters. The summed E-state index contributed by atoms with van der Waals surface area (Å²) in [6.45, 7) is 9.85. The zero-order chi connectivity index (χ0) is 25.9. The van der Waals surface area contributed by atoms with Gasteiger partial charge in [-0.05, 0) is 74.9 Å². The first-order valence-electron chi connectivity index (χ1n) is 12.7. The first-order chi connectivity index (χ1) is 17.2. The molecule has 8 nitrogen and oxygen atoms in total. The number of nitrogens with zero attached hydrogens (tertiary/aromatic N) is 2. The van der Waals surface area contributed by atoms with Crippen molar-refractivity contribution in [1.82, 2.24) is 9.21 Å². The molecule has 0 spiro atoms. The Balaban J connectivity index is 1.54. The Morgan fingerprint density at radius 1 is 1.17 bits per heavy atom. The number of thiophene rings is 1. The Morgan fingerprint density at radius 3 is 2.58 bits per heavy atom. The van der Waals surface area contributed by atoms with Crippen molar-refractivity contribution in [1.29, 1.82) is 0 Å². The van der Waals surface area contributed by atoms with Crippen LogP contribution < -0.4 is 5.32 Å². The number of sulfonamides is 1. The summed E-state index contributed by atoms with van der Waals surface area (Å²) in [4.78, 5) is 29.5. The van der Waals surface area contributed by atoms with Crippen molar-refractivity contribution >= 4 is 38.2 Å². The molecule has 0 aliphatic carbocycles. The maximum atomic E-state index is 13.1. The zero-order valence-corrected chi connectivity index (χ0v) is 22.8. The van der Waals surface area contributed by atoms with E-state index in [-0.39, 0.29) is 17.4 Å². The Kier molecular flexibility index (Phi) is 8.49. The van der Waals surface area contributed by atoms with Crippen LogP contribution in [0, 0.1) is 5.92 Å². The van der Waals surface area contributed by atoms with E-state index in [9.17, 15) is 18.0 Å². The molecule has 1 amide bonds. The molecule has 0 bridgehead atoms. The molecular weight excluding hydrogens is 498 g/mol. The maximum Gasteiger partial charge on any atom is 0.341 e. The number of ether oxygens (including phenoxy) is 1. The lowest BCUT2D eigenvalue weighted by atomic mass is 10.0. The van der Waals surface area contributed by atoms with E-state index < -0.39 is 16.0 Å². The lowest BCUT2D eigenvalue weighted by Gasteiger charge is -2.30. The second-order valence-electron chi connectivity index (χ2n) is 9.54. The number of carbonyl (C=O) groups excluding carboxylic acids is 2. The summed E-state index contributed by atoms with van der Waals surface area (Å²) >= 11 is 1.42. The molecule has 1 aromatic carbocycles. The number of amides is 1. The van der Waals surface area contributed by atoms with Crippen molar-refractivity contribution in [3.8, 4) is 0 Å². The number of benzene rings is 1. The Hall–Kier alpha value is -2.27. The van der Waals surface area contributed by atoms with Crippen LogP contribution in [-0.2, 0) is 27.7 Å². The van der Waals surface area contributed by atoms with Gasteiger partial charge in [0.15, 0.2) is 0 Å². The topological polar surface area (TPSA) is 96.0 Å². The predicted octanol–water partition coefficient (Wildman–Crippen LogP) is 4.37. The number of hydrogen-bond acceptors (Lipinski definition) is 7. The molecule has 3 heterocycles. The SMILES string of the molecule is CCCN1CCc2c(sc(NC(=O)c3ccc(S(=O)(=O)N4CCCC(C)C4)cc3)c2C(=O)OCC)C1. The molecule has 2 aliphatic rings. The first kappa shape index (κ1) is 26.8. The van der Waals surface area contributed by atoms with Crippen LogP contribution in [0.25, 0.3) is 0 Å². The third-order valence-corrected chi connectivity index (χ3v) is 9.77. The minimum Gasteiger partial charge on any atom is -0.462 e. The number of esters is 1. The van der Waals surface area contributed by atoms with E-state index in [1.165, 1.54) is 39.9 Å². The van der Waals surface area contributed by atoms with E-state index in [1.54, 1.807) is 6.92 Å². The van der Waals surface area contributed by atoms with Crippen molar-refractivity contribution in [3.05, 3.63) is 45.8 Å². The Morgan fingerprint density at radius 2 is 1.92 bits per heavy atom. The monoisotopic (exact) mass is 533 g/mol. The largest absolute Gasteiger partial charge is 0.462 e. The molecule has 2 aliphatic heterocycles. The highest BCUT2D eigenvalue weighted by molar-refractivity contribution is 7.89. The number of piperidine rings is 1. The summed E-state index contributed by atoms with van der Waals surface area (Å²) in [7, 11) is -3.59. The van der Waals surface area contributed by atoms with Crippen LogP contribution in [0.1, 0.15) is 71.2 Å². The van der Waals surface area contributed by atoms with Crippen molar-refractivity contribution in [2.75, 3.05) is 38.1 Å². The average molecular weight is 534 g/mol.